The highest BCUT2D eigenvalue weighted by atomic mass is 35.5. The van der Waals surface area contributed by atoms with Crippen molar-refractivity contribution >= 4 is 63.9 Å². The molecule has 6 radical (unpaired) electrons. The van der Waals surface area contributed by atoms with Gasteiger partial charge in [0.15, 0.2) is 0 Å². The molecule has 0 bridgehead atoms. The normalized spacial score (nSPS) is 17.8. The van der Waals surface area contributed by atoms with Gasteiger partial charge in [-0.3, -0.25) is 4.79 Å². The maximum absolute atomic E-state index is 13.2. The Balaban J connectivity index is 1.84. The van der Waals surface area contributed by atoms with Crippen molar-refractivity contribution in [2.45, 2.75) is 50.2 Å². The monoisotopic (exact) mass is 512 g/mol. The third-order valence-corrected chi connectivity index (χ3v) is 6.17. The predicted molar refractivity (Wildman–Crippen MR) is 143 cm³/mol. The highest BCUT2D eigenvalue weighted by molar-refractivity contribution is 6.58. The van der Waals surface area contributed by atoms with Crippen LogP contribution in [0.15, 0.2) is 48.5 Å². The average molecular weight is 512 g/mol. The number of fused-ring (bicyclic) bond motifs is 3. The molecule has 11 heteroatoms. The second-order valence-electron chi connectivity index (χ2n) is 10.0. The highest BCUT2D eigenvalue weighted by Crippen LogP contribution is 2.41. The van der Waals surface area contributed by atoms with Gasteiger partial charge in [-0.2, -0.15) is 0 Å². The Morgan fingerprint density at radius 3 is 2.27 bits per heavy atom. The summed E-state index contributed by atoms with van der Waals surface area (Å²) in [6, 6.07) is 12.4. The van der Waals surface area contributed by atoms with Crippen LogP contribution in [0, 0.1) is 0 Å². The molecule has 1 aliphatic rings. The Morgan fingerprint density at radius 1 is 1.03 bits per heavy atom. The van der Waals surface area contributed by atoms with Crippen LogP contribution in [0.5, 0.6) is 0 Å². The molecule has 2 heterocycles. The molecule has 0 saturated heterocycles. The molecule has 7 nitrogen and oxygen atoms in total. The van der Waals surface area contributed by atoms with E-state index in [0.29, 0.717) is 16.8 Å². The molecule has 2 atom stereocenters. The molecule has 184 valence electrons. The Hall–Kier alpha value is -3.13. The van der Waals surface area contributed by atoms with Gasteiger partial charge in [-0.05, 0) is 55.4 Å². The van der Waals surface area contributed by atoms with Crippen molar-refractivity contribution in [2.24, 2.45) is 0 Å². The van der Waals surface area contributed by atoms with Crippen molar-refractivity contribution in [3.05, 3.63) is 70.9 Å². The third kappa shape index (κ3) is 5.74. The third-order valence-electron chi connectivity index (χ3n) is 5.94. The molecule has 2 aromatic carbocycles. The average Bonchev–Trinajstić information content (AvgIpc) is 3.18. The number of H-pyrrole nitrogens is 1. The van der Waals surface area contributed by atoms with E-state index in [1.807, 2.05) is 24.3 Å². The maximum atomic E-state index is 13.2. The standard InChI is InChI=1S/C26H24B3ClN2O5/c1-25(2,3)36-23(34)15-10-8-14(9-11-15)22-21-17(16-6-4-5-7-18(16)31-21)12-19(32(22)20(33)13-30)24(35)37-26(27,28)29/h4-11,19,22,31H,12-13H2,1-3H3/t19-,22+/m1/s1. The van der Waals surface area contributed by atoms with Gasteiger partial charge in [0.05, 0.1) is 11.6 Å². The molecule has 0 unspecified atom stereocenters. The van der Waals surface area contributed by atoms with Crippen molar-refractivity contribution in [3.8, 4) is 0 Å². The van der Waals surface area contributed by atoms with Crippen LogP contribution in [0.2, 0.25) is 0 Å². The van der Waals surface area contributed by atoms with Crippen LogP contribution in [0.1, 0.15) is 54.0 Å². The lowest BCUT2D eigenvalue weighted by Crippen LogP contribution is -2.54. The van der Waals surface area contributed by atoms with Crippen LogP contribution in [0.25, 0.3) is 10.9 Å². The summed E-state index contributed by atoms with van der Waals surface area (Å²) in [6.07, 6.45) is 0.128. The zero-order chi connectivity index (χ0) is 27.1. The number of hydrogen-bond donors (Lipinski definition) is 1. The van der Waals surface area contributed by atoms with E-state index < -0.39 is 40.8 Å². The number of carbonyl (C=O) groups is 3. The van der Waals surface area contributed by atoms with Crippen LogP contribution >= 0.6 is 11.6 Å². The second-order valence-corrected chi connectivity index (χ2v) is 10.3. The van der Waals surface area contributed by atoms with Crippen molar-refractivity contribution in [2.75, 3.05) is 5.88 Å². The molecule has 4 rings (SSSR count). The lowest BCUT2D eigenvalue weighted by Gasteiger charge is -2.42. The van der Waals surface area contributed by atoms with Crippen LogP contribution in [0.4, 0.5) is 0 Å². The molecule has 1 aromatic heterocycles. The molecule has 1 N–H and O–H groups in total. The number of para-hydroxylation sites is 1. The second kappa shape index (κ2) is 9.97. The van der Waals surface area contributed by atoms with E-state index in [2.05, 4.69) is 4.98 Å². The first-order valence-electron chi connectivity index (χ1n) is 11.7. The number of aromatic nitrogens is 1. The summed E-state index contributed by atoms with van der Waals surface area (Å²) in [5, 5.41) is -1.33. The summed E-state index contributed by atoms with van der Waals surface area (Å²) < 4.78 is 10.5. The number of rotatable bonds is 5. The van der Waals surface area contributed by atoms with Gasteiger partial charge >= 0.3 is 11.9 Å². The van der Waals surface area contributed by atoms with Crippen molar-refractivity contribution in [1.82, 2.24) is 9.88 Å². The van der Waals surface area contributed by atoms with Gasteiger partial charge in [-0.25, -0.2) is 9.59 Å². The SMILES string of the molecule is [B]C([B])([B])OC(=O)[C@H]1Cc2c([nH]c3ccccc23)[C@H](c2ccc(C(=O)OC(C)(C)C)cc2)N1C(=O)CCl. The fourth-order valence-corrected chi connectivity index (χ4v) is 4.71. The zero-order valence-electron chi connectivity index (χ0n) is 20.8. The number of alkyl halides is 1. The lowest BCUT2D eigenvalue weighted by atomic mass is 9.52. The number of esters is 2. The first kappa shape index (κ1) is 26.9. The van der Waals surface area contributed by atoms with Crippen molar-refractivity contribution < 1.29 is 23.9 Å². The van der Waals surface area contributed by atoms with E-state index in [4.69, 9.17) is 44.6 Å². The molecule has 1 amide bonds. The number of ether oxygens (including phenoxy) is 2. The van der Waals surface area contributed by atoms with Gasteiger partial charge in [-0.15, -0.1) is 11.6 Å². The number of benzene rings is 2. The van der Waals surface area contributed by atoms with Gasteiger partial charge in [0.1, 0.15) is 41.1 Å². The van der Waals surface area contributed by atoms with Crippen molar-refractivity contribution in [1.29, 1.82) is 0 Å². The maximum Gasteiger partial charge on any atom is 0.338 e. The number of carbonyl (C=O) groups excluding carboxylic acids is 3. The molecule has 1 aliphatic heterocycles. The molecule has 37 heavy (non-hydrogen) atoms. The van der Waals surface area contributed by atoms with E-state index in [-0.39, 0.29) is 12.3 Å². The number of nitrogens with one attached hydrogen (secondary N) is 1. The summed E-state index contributed by atoms with van der Waals surface area (Å²) in [5.41, 5.74) is 2.70. The Bertz CT molecular complexity index is 1340. The number of halogens is 1. The van der Waals surface area contributed by atoms with E-state index in [9.17, 15) is 14.4 Å². The van der Waals surface area contributed by atoms with Crippen LogP contribution in [-0.2, 0) is 25.5 Å². The van der Waals surface area contributed by atoms with Gasteiger partial charge in [0, 0.05) is 23.0 Å². The minimum atomic E-state index is -2.22. The molecular weight excluding hydrogens is 488 g/mol. The van der Waals surface area contributed by atoms with E-state index in [0.717, 1.165) is 16.5 Å². The van der Waals surface area contributed by atoms with Gasteiger partial charge in [0.2, 0.25) is 5.91 Å². The van der Waals surface area contributed by atoms with Crippen LogP contribution in [0.3, 0.4) is 0 Å². The lowest BCUT2D eigenvalue weighted by molar-refractivity contribution is -0.157. The van der Waals surface area contributed by atoms with Gasteiger partial charge in [0.25, 0.3) is 0 Å². The first-order valence-corrected chi connectivity index (χ1v) is 12.2. The highest BCUT2D eigenvalue weighted by Gasteiger charge is 2.44. The summed E-state index contributed by atoms with van der Waals surface area (Å²) in [5.74, 6) is -2.23. The van der Waals surface area contributed by atoms with Crippen LogP contribution in [-0.4, -0.2) is 74.1 Å². The predicted octanol–water partition coefficient (Wildman–Crippen LogP) is 2.86. The Kier molecular flexibility index (Phi) is 7.26. The quantitative estimate of drug-likeness (QED) is 0.323. The molecule has 0 saturated carbocycles. The number of hydrogen-bond acceptors (Lipinski definition) is 5. The smallest absolute Gasteiger partial charge is 0.338 e. The fourth-order valence-electron chi connectivity index (χ4n) is 4.58. The minimum Gasteiger partial charge on any atom is -0.487 e. The molecule has 0 spiro atoms. The number of aromatic amines is 1. The zero-order valence-corrected chi connectivity index (χ0v) is 21.5. The van der Waals surface area contributed by atoms with Gasteiger partial charge < -0.3 is 19.4 Å². The van der Waals surface area contributed by atoms with Crippen LogP contribution < -0.4 is 0 Å². The molecular formula is C26H24B3ClN2O5. The summed E-state index contributed by atoms with van der Waals surface area (Å²) in [7, 11) is 16.6. The largest absolute Gasteiger partial charge is 0.487 e. The van der Waals surface area contributed by atoms with Gasteiger partial charge in [-0.1, -0.05) is 30.3 Å². The first-order chi connectivity index (χ1) is 17.3. The summed E-state index contributed by atoms with van der Waals surface area (Å²) in [6.45, 7) is 5.35. The molecule has 0 aliphatic carbocycles. The van der Waals surface area contributed by atoms with E-state index in [1.54, 1.807) is 45.0 Å². The number of nitrogens with zero attached hydrogens (tertiary/aromatic N) is 1. The number of amides is 1. The summed E-state index contributed by atoms with van der Waals surface area (Å²) >= 11 is 5.99. The topological polar surface area (TPSA) is 88.7 Å². The molecule has 0 fully saturated rings. The molecule has 3 aromatic rings. The van der Waals surface area contributed by atoms with E-state index >= 15 is 0 Å². The fraction of sp³-hybridized carbons (Fsp3) is 0.346. The Morgan fingerprint density at radius 2 is 1.68 bits per heavy atom. The summed E-state index contributed by atoms with van der Waals surface area (Å²) in [4.78, 5) is 43.7. The van der Waals surface area contributed by atoms with Crippen molar-refractivity contribution in [3.63, 3.8) is 0 Å². The Labute approximate surface area is 224 Å². The minimum absolute atomic E-state index is 0.128. The van der Waals surface area contributed by atoms with E-state index in [1.165, 1.54) is 4.90 Å².